The topological polar surface area (TPSA) is 53.6 Å². The summed E-state index contributed by atoms with van der Waals surface area (Å²) in [6, 6.07) is 0.0481. The Labute approximate surface area is 90.1 Å². The zero-order chi connectivity index (χ0) is 10.5. The highest BCUT2D eigenvalue weighted by atomic mass is 16.5. The molecule has 2 saturated heterocycles. The van der Waals surface area contributed by atoms with Crippen molar-refractivity contribution in [3.8, 4) is 0 Å². The Balaban J connectivity index is 1.66. The predicted octanol–water partition coefficient (Wildman–Crippen LogP) is -0.220. The number of urea groups is 1. The standard InChI is InChI=1S/C10H19N3O2/c14-10(13-5-3-11-4-6-13)12-8-9-2-1-7-15-9/h9,11H,1-8H2,(H,12,14). The Morgan fingerprint density at radius 2 is 2.27 bits per heavy atom. The predicted molar refractivity (Wildman–Crippen MR) is 56.8 cm³/mol. The largest absolute Gasteiger partial charge is 0.376 e. The quantitative estimate of drug-likeness (QED) is 0.667. The maximum absolute atomic E-state index is 11.7. The minimum Gasteiger partial charge on any atom is -0.376 e. The molecular weight excluding hydrogens is 194 g/mol. The fourth-order valence-electron chi connectivity index (χ4n) is 1.99. The normalized spacial score (nSPS) is 26.7. The van der Waals surface area contributed by atoms with Gasteiger partial charge in [-0.3, -0.25) is 0 Å². The van der Waals surface area contributed by atoms with Gasteiger partial charge in [-0.05, 0) is 12.8 Å². The smallest absolute Gasteiger partial charge is 0.317 e. The first-order valence-corrected chi connectivity index (χ1v) is 5.71. The van der Waals surface area contributed by atoms with Crippen LogP contribution in [0.2, 0.25) is 0 Å². The van der Waals surface area contributed by atoms with Crippen LogP contribution in [0.3, 0.4) is 0 Å². The lowest BCUT2D eigenvalue weighted by atomic mass is 10.2. The van der Waals surface area contributed by atoms with Crippen molar-refractivity contribution in [3.63, 3.8) is 0 Å². The van der Waals surface area contributed by atoms with Crippen molar-refractivity contribution >= 4 is 6.03 Å². The molecule has 2 amide bonds. The molecule has 0 aromatic carbocycles. The second-order valence-corrected chi connectivity index (χ2v) is 4.06. The average molecular weight is 213 g/mol. The van der Waals surface area contributed by atoms with Gasteiger partial charge < -0.3 is 20.3 Å². The fourth-order valence-corrected chi connectivity index (χ4v) is 1.99. The van der Waals surface area contributed by atoms with Crippen molar-refractivity contribution in [2.45, 2.75) is 18.9 Å². The van der Waals surface area contributed by atoms with Crippen LogP contribution >= 0.6 is 0 Å². The van der Waals surface area contributed by atoms with Gasteiger partial charge in [-0.1, -0.05) is 0 Å². The highest BCUT2D eigenvalue weighted by Crippen LogP contribution is 2.10. The molecule has 0 aromatic heterocycles. The molecule has 0 bridgehead atoms. The van der Waals surface area contributed by atoms with E-state index in [9.17, 15) is 4.79 Å². The molecule has 1 unspecified atom stereocenters. The van der Waals surface area contributed by atoms with Crippen LogP contribution in [0.1, 0.15) is 12.8 Å². The SMILES string of the molecule is O=C(NCC1CCCO1)N1CCNCC1. The van der Waals surface area contributed by atoms with Crippen LogP contribution in [0, 0.1) is 0 Å². The Morgan fingerprint density at radius 3 is 2.93 bits per heavy atom. The third-order valence-electron chi connectivity index (χ3n) is 2.91. The maximum atomic E-state index is 11.7. The third-order valence-corrected chi connectivity index (χ3v) is 2.91. The highest BCUT2D eigenvalue weighted by Gasteiger charge is 2.19. The number of nitrogens with zero attached hydrogens (tertiary/aromatic N) is 1. The number of nitrogens with one attached hydrogen (secondary N) is 2. The Bertz CT molecular complexity index is 211. The molecule has 2 rings (SSSR count). The summed E-state index contributed by atoms with van der Waals surface area (Å²) in [4.78, 5) is 13.5. The number of carbonyl (C=O) groups is 1. The summed E-state index contributed by atoms with van der Waals surface area (Å²) in [5.74, 6) is 0. The van der Waals surface area contributed by atoms with Crippen LogP contribution < -0.4 is 10.6 Å². The van der Waals surface area contributed by atoms with Gasteiger partial charge in [0.05, 0.1) is 6.10 Å². The molecule has 0 aromatic rings. The molecule has 86 valence electrons. The molecule has 2 aliphatic heterocycles. The van der Waals surface area contributed by atoms with Gasteiger partial charge in [-0.2, -0.15) is 0 Å². The van der Waals surface area contributed by atoms with Crippen LogP contribution in [0.15, 0.2) is 0 Å². The van der Waals surface area contributed by atoms with Gasteiger partial charge in [-0.25, -0.2) is 4.79 Å². The Hall–Kier alpha value is -0.810. The lowest BCUT2D eigenvalue weighted by Crippen LogP contribution is -2.51. The van der Waals surface area contributed by atoms with E-state index in [4.69, 9.17) is 4.74 Å². The lowest BCUT2D eigenvalue weighted by molar-refractivity contribution is 0.108. The molecule has 2 N–H and O–H groups in total. The first kappa shape index (κ1) is 10.7. The van der Waals surface area contributed by atoms with Gasteiger partial charge in [-0.15, -0.1) is 0 Å². The second-order valence-electron chi connectivity index (χ2n) is 4.06. The summed E-state index contributed by atoms with van der Waals surface area (Å²) in [7, 11) is 0. The molecule has 2 fully saturated rings. The molecule has 0 spiro atoms. The molecule has 2 aliphatic rings. The molecular formula is C10H19N3O2. The van der Waals surface area contributed by atoms with Crippen LogP contribution in [0.4, 0.5) is 4.79 Å². The van der Waals surface area contributed by atoms with E-state index in [0.717, 1.165) is 45.6 Å². The molecule has 2 heterocycles. The number of rotatable bonds is 2. The van der Waals surface area contributed by atoms with E-state index in [0.29, 0.717) is 6.54 Å². The van der Waals surface area contributed by atoms with Crippen LogP contribution in [0.5, 0.6) is 0 Å². The van der Waals surface area contributed by atoms with Gasteiger partial charge in [0, 0.05) is 39.3 Å². The van der Waals surface area contributed by atoms with Crippen LogP contribution in [-0.4, -0.2) is 56.4 Å². The average Bonchev–Trinajstić information content (AvgIpc) is 2.80. The number of carbonyl (C=O) groups excluding carboxylic acids is 1. The van der Waals surface area contributed by atoms with Gasteiger partial charge in [0.2, 0.25) is 0 Å². The van der Waals surface area contributed by atoms with Crippen LogP contribution in [-0.2, 0) is 4.74 Å². The van der Waals surface area contributed by atoms with Crippen molar-refractivity contribution in [3.05, 3.63) is 0 Å². The lowest BCUT2D eigenvalue weighted by Gasteiger charge is -2.27. The van der Waals surface area contributed by atoms with Crippen LogP contribution in [0.25, 0.3) is 0 Å². The number of hydrogen-bond acceptors (Lipinski definition) is 3. The number of ether oxygens (including phenoxy) is 1. The minimum absolute atomic E-state index is 0.0481. The Kier molecular flexibility index (Phi) is 3.80. The molecule has 0 saturated carbocycles. The summed E-state index contributed by atoms with van der Waals surface area (Å²) in [5, 5.41) is 6.15. The van der Waals surface area contributed by atoms with E-state index >= 15 is 0 Å². The summed E-state index contributed by atoms with van der Waals surface area (Å²) in [5.41, 5.74) is 0. The summed E-state index contributed by atoms with van der Waals surface area (Å²) in [6.07, 6.45) is 2.42. The first-order chi connectivity index (χ1) is 7.36. The summed E-state index contributed by atoms with van der Waals surface area (Å²) in [6.45, 7) is 4.90. The van der Waals surface area contributed by atoms with Gasteiger partial charge in [0.25, 0.3) is 0 Å². The second kappa shape index (κ2) is 5.32. The molecule has 5 nitrogen and oxygen atoms in total. The van der Waals surface area contributed by atoms with E-state index in [1.807, 2.05) is 4.90 Å². The van der Waals surface area contributed by atoms with E-state index in [1.54, 1.807) is 0 Å². The van der Waals surface area contributed by atoms with Crippen molar-refractivity contribution in [1.82, 2.24) is 15.5 Å². The van der Waals surface area contributed by atoms with E-state index in [-0.39, 0.29) is 12.1 Å². The van der Waals surface area contributed by atoms with E-state index in [2.05, 4.69) is 10.6 Å². The van der Waals surface area contributed by atoms with E-state index < -0.39 is 0 Å². The molecule has 0 radical (unpaired) electrons. The van der Waals surface area contributed by atoms with Crippen molar-refractivity contribution in [1.29, 1.82) is 0 Å². The van der Waals surface area contributed by atoms with Gasteiger partial charge in [0.1, 0.15) is 0 Å². The van der Waals surface area contributed by atoms with Crippen molar-refractivity contribution in [2.24, 2.45) is 0 Å². The van der Waals surface area contributed by atoms with Crippen molar-refractivity contribution in [2.75, 3.05) is 39.3 Å². The fraction of sp³-hybridized carbons (Fsp3) is 0.900. The summed E-state index contributed by atoms with van der Waals surface area (Å²) >= 11 is 0. The van der Waals surface area contributed by atoms with E-state index in [1.165, 1.54) is 0 Å². The third kappa shape index (κ3) is 3.07. The molecule has 0 aliphatic carbocycles. The maximum Gasteiger partial charge on any atom is 0.317 e. The van der Waals surface area contributed by atoms with Gasteiger partial charge in [0.15, 0.2) is 0 Å². The number of piperazine rings is 1. The highest BCUT2D eigenvalue weighted by molar-refractivity contribution is 5.74. The zero-order valence-corrected chi connectivity index (χ0v) is 9.00. The Morgan fingerprint density at radius 1 is 1.47 bits per heavy atom. The first-order valence-electron chi connectivity index (χ1n) is 5.71. The minimum atomic E-state index is 0.0481. The molecule has 5 heteroatoms. The molecule has 15 heavy (non-hydrogen) atoms. The van der Waals surface area contributed by atoms with Gasteiger partial charge >= 0.3 is 6.03 Å². The number of hydrogen-bond donors (Lipinski definition) is 2. The van der Waals surface area contributed by atoms with Crippen molar-refractivity contribution < 1.29 is 9.53 Å². The summed E-state index contributed by atoms with van der Waals surface area (Å²) < 4.78 is 5.45. The zero-order valence-electron chi connectivity index (χ0n) is 9.00. The molecule has 1 atom stereocenters. The monoisotopic (exact) mass is 213 g/mol. The number of amides is 2.